The average Bonchev–Trinajstić information content (AvgIpc) is 2.53. The monoisotopic (exact) mass is 208 g/mol. The molecular weight excluding hydrogens is 188 g/mol. The van der Waals surface area contributed by atoms with Gasteiger partial charge in [0.1, 0.15) is 0 Å². The molecule has 1 fully saturated rings. The van der Waals surface area contributed by atoms with Crippen LogP contribution in [-0.4, -0.2) is 35.7 Å². The summed E-state index contributed by atoms with van der Waals surface area (Å²) >= 11 is 0. The third-order valence-electron chi connectivity index (χ3n) is 2.78. The van der Waals surface area contributed by atoms with Crippen LogP contribution in [0.2, 0.25) is 0 Å². The molecule has 0 radical (unpaired) electrons. The number of hydrogen-bond donors (Lipinski definition) is 1. The normalized spacial score (nSPS) is 17.8. The van der Waals surface area contributed by atoms with Crippen LogP contribution in [0.25, 0.3) is 0 Å². The van der Waals surface area contributed by atoms with E-state index in [0.717, 1.165) is 45.1 Å². The number of nitrogens with one attached hydrogen (secondary N) is 1. The molecule has 0 atom stereocenters. The zero-order valence-corrected chi connectivity index (χ0v) is 9.45. The molecule has 0 amide bonds. The van der Waals surface area contributed by atoms with Crippen LogP contribution in [0.15, 0.2) is 12.4 Å². The van der Waals surface area contributed by atoms with Crippen molar-refractivity contribution >= 4 is 5.95 Å². The van der Waals surface area contributed by atoms with E-state index in [2.05, 4.69) is 32.9 Å². The first-order chi connectivity index (χ1) is 7.42. The molecule has 1 aromatic rings. The topological polar surface area (TPSA) is 33.1 Å². The van der Waals surface area contributed by atoms with E-state index in [1.165, 1.54) is 6.42 Å². The highest BCUT2D eigenvalue weighted by Crippen LogP contribution is 2.13. The molecule has 1 aliphatic heterocycles. The SMILES string of the molecule is CCCn1ccnc1N1CCCNCC1. The van der Waals surface area contributed by atoms with E-state index in [1.54, 1.807) is 0 Å². The van der Waals surface area contributed by atoms with E-state index in [0.29, 0.717) is 0 Å². The molecule has 2 rings (SSSR count). The van der Waals surface area contributed by atoms with Crippen LogP contribution in [0, 0.1) is 0 Å². The third-order valence-corrected chi connectivity index (χ3v) is 2.78. The van der Waals surface area contributed by atoms with Crippen LogP contribution in [0.5, 0.6) is 0 Å². The summed E-state index contributed by atoms with van der Waals surface area (Å²) in [5.74, 6) is 1.14. The number of hydrogen-bond acceptors (Lipinski definition) is 3. The minimum Gasteiger partial charge on any atom is -0.341 e. The van der Waals surface area contributed by atoms with Crippen molar-refractivity contribution in [2.45, 2.75) is 26.3 Å². The lowest BCUT2D eigenvalue weighted by Crippen LogP contribution is -2.30. The Bertz CT molecular complexity index is 287. The number of imidazole rings is 1. The summed E-state index contributed by atoms with van der Waals surface area (Å²) in [6, 6.07) is 0. The highest BCUT2D eigenvalue weighted by molar-refractivity contribution is 5.31. The quantitative estimate of drug-likeness (QED) is 0.807. The third kappa shape index (κ3) is 2.50. The number of aryl methyl sites for hydroxylation is 1. The molecule has 4 nitrogen and oxygen atoms in total. The maximum Gasteiger partial charge on any atom is 0.205 e. The van der Waals surface area contributed by atoms with Gasteiger partial charge in [-0.3, -0.25) is 0 Å². The summed E-state index contributed by atoms with van der Waals surface area (Å²) in [7, 11) is 0. The minimum atomic E-state index is 1.07. The van der Waals surface area contributed by atoms with Crippen LogP contribution in [0.4, 0.5) is 5.95 Å². The molecule has 4 heteroatoms. The van der Waals surface area contributed by atoms with E-state index < -0.39 is 0 Å². The van der Waals surface area contributed by atoms with Crippen LogP contribution in [0.1, 0.15) is 19.8 Å². The molecule has 84 valence electrons. The van der Waals surface area contributed by atoms with E-state index in [9.17, 15) is 0 Å². The number of nitrogens with zero attached hydrogens (tertiary/aromatic N) is 3. The van der Waals surface area contributed by atoms with Gasteiger partial charge in [0.05, 0.1) is 0 Å². The van der Waals surface area contributed by atoms with Gasteiger partial charge < -0.3 is 14.8 Å². The van der Waals surface area contributed by atoms with Crippen LogP contribution in [-0.2, 0) is 6.54 Å². The molecule has 0 bridgehead atoms. The minimum absolute atomic E-state index is 1.07. The molecule has 0 aromatic carbocycles. The van der Waals surface area contributed by atoms with Gasteiger partial charge in [0, 0.05) is 38.6 Å². The van der Waals surface area contributed by atoms with Crippen molar-refractivity contribution in [1.29, 1.82) is 0 Å². The van der Waals surface area contributed by atoms with Crippen LogP contribution < -0.4 is 10.2 Å². The average molecular weight is 208 g/mol. The predicted molar refractivity (Wildman–Crippen MR) is 62.2 cm³/mol. The maximum absolute atomic E-state index is 4.46. The van der Waals surface area contributed by atoms with Crippen LogP contribution in [0.3, 0.4) is 0 Å². The largest absolute Gasteiger partial charge is 0.341 e. The Morgan fingerprint density at radius 2 is 2.33 bits per heavy atom. The van der Waals surface area contributed by atoms with E-state index in [1.807, 2.05) is 6.20 Å². The van der Waals surface area contributed by atoms with Gasteiger partial charge >= 0.3 is 0 Å². The Hall–Kier alpha value is -1.03. The van der Waals surface area contributed by atoms with Crippen molar-refractivity contribution in [1.82, 2.24) is 14.9 Å². The summed E-state index contributed by atoms with van der Waals surface area (Å²) in [5, 5.41) is 3.41. The maximum atomic E-state index is 4.46. The van der Waals surface area contributed by atoms with E-state index in [4.69, 9.17) is 0 Å². The first-order valence-corrected chi connectivity index (χ1v) is 5.88. The molecule has 1 N–H and O–H groups in total. The summed E-state index contributed by atoms with van der Waals surface area (Å²) < 4.78 is 2.26. The predicted octanol–water partition coefficient (Wildman–Crippen LogP) is 1.09. The Morgan fingerprint density at radius 3 is 3.20 bits per heavy atom. The zero-order valence-electron chi connectivity index (χ0n) is 9.45. The molecule has 0 spiro atoms. The van der Waals surface area contributed by atoms with E-state index in [-0.39, 0.29) is 0 Å². The summed E-state index contributed by atoms with van der Waals surface area (Å²) in [4.78, 5) is 6.85. The van der Waals surface area contributed by atoms with Gasteiger partial charge in [-0.15, -0.1) is 0 Å². The first-order valence-electron chi connectivity index (χ1n) is 5.88. The van der Waals surface area contributed by atoms with Gasteiger partial charge in [-0.1, -0.05) is 6.92 Å². The Labute approximate surface area is 91.3 Å². The van der Waals surface area contributed by atoms with Gasteiger partial charge in [0.15, 0.2) is 0 Å². The van der Waals surface area contributed by atoms with Crippen molar-refractivity contribution in [3.63, 3.8) is 0 Å². The number of rotatable bonds is 3. The van der Waals surface area contributed by atoms with Gasteiger partial charge in [0.25, 0.3) is 0 Å². The second kappa shape index (κ2) is 5.16. The van der Waals surface area contributed by atoms with E-state index >= 15 is 0 Å². The first kappa shape index (κ1) is 10.5. The molecule has 0 saturated carbocycles. The molecule has 15 heavy (non-hydrogen) atoms. The van der Waals surface area contributed by atoms with Crippen molar-refractivity contribution in [3.8, 4) is 0 Å². The lowest BCUT2D eigenvalue weighted by Gasteiger charge is -2.22. The van der Waals surface area contributed by atoms with Crippen molar-refractivity contribution in [3.05, 3.63) is 12.4 Å². The molecule has 1 aromatic heterocycles. The zero-order chi connectivity index (χ0) is 10.5. The van der Waals surface area contributed by atoms with Crippen molar-refractivity contribution in [2.24, 2.45) is 0 Å². The fourth-order valence-electron chi connectivity index (χ4n) is 2.05. The standard InChI is InChI=1S/C11H20N4/c1-2-7-14-10-6-13-11(14)15-8-3-4-12-5-9-15/h6,10,12H,2-5,7-9H2,1H3. The highest BCUT2D eigenvalue weighted by atomic mass is 15.3. The molecular formula is C11H20N4. The summed E-state index contributed by atoms with van der Waals surface area (Å²) in [5.41, 5.74) is 0. The van der Waals surface area contributed by atoms with Gasteiger partial charge in [0.2, 0.25) is 5.95 Å². The van der Waals surface area contributed by atoms with Crippen molar-refractivity contribution in [2.75, 3.05) is 31.1 Å². The number of anilines is 1. The highest BCUT2D eigenvalue weighted by Gasteiger charge is 2.13. The lowest BCUT2D eigenvalue weighted by molar-refractivity contribution is 0.650. The second-order valence-electron chi connectivity index (χ2n) is 4.01. The van der Waals surface area contributed by atoms with Crippen LogP contribution >= 0.6 is 0 Å². The Balaban J connectivity index is 2.08. The fourth-order valence-corrected chi connectivity index (χ4v) is 2.05. The van der Waals surface area contributed by atoms with Gasteiger partial charge in [-0.05, 0) is 19.4 Å². The summed E-state index contributed by atoms with van der Waals surface area (Å²) in [6.45, 7) is 7.66. The Kier molecular flexibility index (Phi) is 3.61. The molecule has 0 unspecified atom stereocenters. The molecule has 0 aliphatic carbocycles. The van der Waals surface area contributed by atoms with Crippen molar-refractivity contribution < 1.29 is 0 Å². The lowest BCUT2D eigenvalue weighted by atomic mass is 10.4. The van der Waals surface area contributed by atoms with Gasteiger partial charge in [-0.25, -0.2) is 4.98 Å². The molecule has 1 aliphatic rings. The molecule has 2 heterocycles. The second-order valence-corrected chi connectivity index (χ2v) is 4.01. The Morgan fingerprint density at radius 1 is 1.40 bits per heavy atom. The summed E-state index contributed by atoms with van der Waals surface area (Å²) in [6.07, 6.45) is 6.36. The number of aromatic nitrogens is 2. The fraction of sp³-hybridized carbons (Fsp3) is 0.727. The molecule has 1 saturated heterocycles. The smallest absolute Gasteiger partial charge is 0.205 e. The van der Waals surface area contributed by atoms with Gasteiger partial charge in [-0.2, -0.15) is 0 Å².